The van der Waals surface area contributed by atoms with Crippen molar-refractivity contribution in [3.8, 4) is 0 Å². The largest absolute Gasteiger partial charge is 0.377 e. The van der Waals surface area contributed by atoms with Gasteiger partial charge in [-0.05, 0) is 18.8 Å². The van der Waals surface area contributed by atoms with E-state index in [0.717, 1.165) is 12.8 Å². The molecule has 5 heteroatoms. The van der Waals surface area contributed by atoms with Gasteiger partial charge in [-0.1, -0.05) is 19.3 Å². The number of nitrogens with one attached hydrogen (secondary N) is 1. The van der Waals surface area contributed by atoms with Crippen LogP contribution in [0.3, 0.4) is 0 Å². The Morgan fingerprint density at radius 3 is 2.39 bits per heavy atom. The monoisotopic (exact) mass is 254 g/mol. The van der Waals surface area contributed by atoms with E-state index in [-0.39, 0.29) is 18.2 Å². The van der Waals surface area contributed by atoms with Gasteiger partial charge in [0, 0.05) is 12.8 Å². The summed E-state index contributed by atoms with van der Waals surface area (Å²) in [5.74, 6) is 0.0165. The van der Waals surface area contributed by atoms with E-state index in [0.29, 0.717) is 25.6 Å². The quantitative estimate of drug-likeness (QED) is 0.774. The first kappa shape index (κ1) is 13.5. The van der Waals surface area contributed by atoms with E-state index in [1.807, 2.05) is 0 Å². The molecule has 2 rings (SSSR count). The number of hydrogen-bond donors (Lipinski definition) is 2. The second-order valence-electron chi connectivity index (χ2n) is 5.71. The second-order valence-corrected chi connectivity index (χ2v) is 5.71. The van der Waals surface area contributed by atoms with Gasteiger partial charge in [-0.25, -0.2) is 0 Å². The summed E-state index contributed by atoms with van der Waals surface area (Å²) >= 11 is 0. The minimum atomic E-state index is -0.560. The molecular weight excluding hydrogens is 232 g/mol. The Morgan fingerprint density at radius 2 is 1.83 bits per heavy atom. The SMILES string of the molecule is NC1(CC(=O)NC(=O)CC2CCCCC2)COC1. The lowest BCUT2D eigenvalue weighted by Crippen LogP contribution is -2.59. The zero-order valence-electron chi connectivity index (χ0n) is 10.7. The van der Waals surface area contributed by atoms with Crippen LogP contribution in [0.15, 0.2) is 0 Å². The van der Waals surface area contributed by atoms with Crippen molar-refractivity contribution in [1.29, 1.82) is 0 Å². The molecule has 1 saturated heterocycles. The topological polar surface area (TPSA) is 81.4 Å². The van der Waals surface area contributed by atoms with Crippen LogP contribution in [0, 0.1) is 5.92 Å². The normalized spacial score (nSPS) is 23.2. The standard InChI is InChI=1S/C13H22N2O3/c14-13(8-18-9-13)7-12(17)15-11(16)6-10-4-2-1-3-5-10/h10H,1-9,14H2,(H,15,16,17). The fourth-order valence-electron chi connectivity index (χ4n) is 2.69. The van der Waals surface area contributed by atoms with Gasteiger partial charge >= 0.3 is 0 Å². The molecule has 0 radical (unpaired) electrons. The van der Waals surface area contributed by atoms with E-state index < -0.39 is 5.54 Å². The fourth-order valence-corrected chi connectivity index (χ4v) is 2.69. The predicted octanol–water partition coefficient (Wildman–Crippen LogP) is 0.717. The summed E-state index contributed by atoms with van der Waals surface area (Å²) in [4.78, 5) is 23.3. The molecule has 1 saturated carbocycles. The average molecular weight is 254 g/mol. The number of carbonyl (C=O) groups excluding carboxylic acids is 2. The Bertz CT molecular complexity index is 320. The first-order chi connectivity index (χ1) is 8.57. The molecule has 1 aliphatic heterocycles. The molecule has 2 fully saturated rings. The Balaban J connectivity index is 1.68. The molecule has 1 heterocycles. The zero-order chi connectivity index (χ0) is 13.0. The first-order valence-electron chi connectivity index (χ1n) is 6.77. The molecule has 5 nitrogen and oxygen atoms in total. The molecule has 18 heavy (non-hydrogen) atoms. The number of carbonyl (C=O) groups is 2. The highest BCUT2D eigenvalue weighted by atomic mass is 16.5. The highest BCUT2D eigenvalue weighted by molar-refractivity contribution is 5.95. The summed E-state index contributed by atoms with van der Waals surface area (Å²) in [6.45, 7) is 0.800. The van der Waals surface area contributed by atoms with Gasteiger partial charge in [0.2, 0.25) is 11.8 Å². The Kier molecular flexibility index (Phi) is 4.35. The number of rotatable bonds is 4. The highest BCUT2D eigenvalue weighted by Gasteiger charge is 2.36. The highest BCUT2D eigenvalue weighted by Crippen LogP contribution is 2.26. The summed E-state index contributed by atoms with van der Waals surface area (Å²) in [6, 6.07) is 0. The van der Waals surface area contributed by atoms with E-state index in [4.69, 9.17) is 10.5 Å². The van der Waals surface area contributed by atoms with E-state index in [2.05, 4.69) is 5.32 Å². The third kappa shape index (κ3) is 3.78. The summed E-state index contributed by atoms with van der Waals surface area (Å²) in [5, 5.41) is 2.44. The van der Waals surface area contributed by atoms with Crippen molar-refractivity contribution in [3.05, 3.63) is 0 Å². The van der Waals surface area contributed by atoms with Crippen LogP contribution in [-0.4, -0.2) is 30.6 Å². The van der Waals surface area contributed by atoms with Crippen LogP contribution in [0.2, 0.25) is 0 Å². The van der Waals surface area contributed by atoms with Crippen LogP contribution in [0.4, 0.5) is 0 Å². The minimum absolute atomic E-state index is 0.157. The molecule has 0 atom stereocenters. The molecule has 0 aromatic heterocycles. The molecule has 2 amide bonds. The van der Waals surface area contributed by atoms with Gasteiger partial charge in [0.1, 0.15) is 0 Å². The molecule has 102 valence electrons. The van der Waals surface area contributed by atoms with Crippen molar-refractivity contribution in [1.82, 2.24) is 5.32 Å². The van der Waals surface area contributed by atoms with Crippen LogP contribution in [0.1, 0.15) is 44.9 Å². The van der Waals surface area contributed by atoms with Gasteiger partial charge in [-0.15, -0.1) is 0 Å². The van der Waals surface area contributed by atoms with Crippen LogP contribution < -0.4 is 11.1 Å². The maximum Gasteiger partial charge on any atom is 0.228 e. The summed E-state index contributed by atoms with van der Waals surface area (Å²) in [7, 11) is 0. The number of nitrogens with two attached hydrogens (primary N) is 1. The number of amides is 2. The lowest BCUT2D eigenvalue weighted by molar-refractivity contribution is -0.135. The Morgan fingerprint density at radius 1 is 1.17 bits per heavy atom. The van der Waals surface area contributed by atoms with E-state index in [1.54, 1.807) is 0 Å². The van der Waals surface area contributed by atoms with Gasteiger partial charge < -0.3 is 10.5 Å². The van der Waals surface area contributed by atoms with Crippen molar-refractivity contribution in [3.63, 3.8) is 0 Å². The van der Waals surface area contributed by atoms with Crippen LogP contribution in [0.25, 0.3) is 0 Å². The maximum atomic E-state index is 11.7. The van der Waals surface area contributed by atoms with Crippen molar-refractivity contribution in [2.45, 2.75) is 50.5 Å². The molecule has 1 aliphatic carbocycles. The molecule has 0 unspecified atom stereocenters. The van der Waals surface area contributed by atoms with E-state index in [9.17, 15) is 9.59 Å². The number of ether oxygens (including phenoxy) is 1. The van der Waals surface area contributed by atoms with Crippen LogP contribution in [0.5, 0.6) is 0 Å². The smallest absolute Gasteiger partial charge is 0.228 e. The maximum absolute atomic E-state index is 11.7. The minimum Gasteiger partial charge on any atom is -0.377 e. The molecule has 0 spiro atoms. The number of hydrogen-bond acceptors (Lipinski definition) is 4. The molecule has 2 aliphatic rings. The van der Waals surface area contributed by atoms with Crippen molar-refractivity contribution >= 4 is 11.8 Å². The average Bonchev–Trinajstić information content (AvgIpc) is 2.27. The molecule has 3 N–H and O–H groups in total. The van der Waals surface area contributed by atoms with Gasteiger partial charge in [-0.2, -0.15) is 0 Å². The fraction of sp³-hybridized carbons (Fsp3) is 0.846. The first-order valence-corrected chi connectivity index (χ1v) is 6.77. The van der Waals surface area contributed by atoms with Gasteiger partial charge in [0.25, 0.3) is 0 Å². The summed E-state index contributed by atoms with van der Waals surface area (Å²) in [5.41, 5.74) is 5.31. The third-order valence-electron chi connectivity index (χ3n) is 3.77. The summed E-state index contributed by atoms with van der Waals surface area (Å²) < 4.78 is 4.98. The third-order valence-corrected chi connectivity index (χ3v) is 3.77. The molecule has 0 aromatic rings. The predicted molar refractivity (Wildman–Crippen MR) is 66.7 cm³/mol. The second kappa shape index (κ2) is 5.80. The lowest BCUT2D eigenvalue weighted by atomic mass is 9.87. The number of imide groups is 1. The zero-order valence-corrected chi connectivity index (χ0v) is 10.7. The van der Waals surface area contributed by atoms with Crippen molar-refractivity contribution < 1.29 is 14.3 Å². The van der Waals surface area contributed by atoms with Gasteiger partial charge in [0.15, 0.2) is 0 Å². The Hall–Kier alpha value is -0.940. The van der Waals surface area contributed by atoms with Crippen LogP contribution in [-0.2, 0) is 14.3 Å². The van der Waals surface area contributed by atoms with Crippen molar-refractivity contribution in [2.24, 2.45) is 11.7 Å². The Labute approximate surface area is 107 Å². The van der Waals surface area contributed by atoms with Gasteiger partial charge in [-0.3, -0.25) is 14.9 Å². The molecule has 0 bridgehead atoms. The lowest BCUT2D eigenvalue weighted by Gasteiger charge is -2.37. The van der Waals surface area contributed by atoms with Crippen molar-refractivity contribution in [2.75, 3.05) is 13.2 Å². The van der Waals surface area contributed by atoms with Gasteiger partial charge in [0.05, 0.1) is 18.8 Å². The molecular formula is C13H22N2O3. The summed E-state index contributed by atoms with van der Waals surface area (Å²) in [6.07, 6.45) is 6.53. The van der Waals surface area contributed by atoms with E-state index >= 15 is 0 Å². The van der Waals surface area contributed by atoms with Crippen LogP contribution >= 0.6 is 0 Å². The molecule has 0 aromatic carbocycles. The van der Waals surface area contributed by atoms with E-state index in [1.165, 1.54) is 19.3 Å².